The molecular weight excluding hydrogens is 316 g/mol. The van der Waals surface area contributed by atoms with Gasteiger partial charge in [0, 0.05) is 32.0 Å². The first-order chi connectivity index (χ1) is 12.2. The van der Waals surface area contributed by atoms with Crippen molar-refractivity contribution < 1.29 is 4.79 Å². The van der Waals surface area contributed by atoms with Crippen molar-refractivity contribution in [3.05, 3.63) is 35.5 Å². The summed E-state index contributed by atoms with van der Waals surface area (Å²) >= 11 is 0. The molecule has 3 heterocycles. The maximum atomic E-state index is 12.1. The minimum Gasteiger partial charge on any atom is -0.353 e. The topological polar surface area (TPSA) is 75.9 Å². The third kappa shape index (κ3) is 3.36. The molecule has 1 aliphatic heterocycles. The second kappa shape index (κ2) is 6.82. The van der Waals surface area contributed by atoms with Gasteiger partial charge in [-0.15, -0.1) is 5.10 Å². The molecule has 25 heavy (non-hydrogen) atoms. The Morgan fingerprint density at radius 1 is 1.24 bits per heavy atom. The first-order valence-electron chi connectivity index (χ1n) is 9.07. The van der Waals surface area contributed by atoms with Gasteiger partial charge in [-0.25, -0.2) is 4.98 Å². The van der Waals surface area contributed by atoms with E-state index in [9.17, 15) is 4.79 Å². The number of amides is 1. The smallest absolute Gasteiger partial charge is 0.223 e. The second-order valence-corrected chi connectivity index (χ2v) is 6.93. The normalized spacial score (nSPS) is 17.6. The molecule has 0 unspecified atom stereocenters. The molecule has 2 aliphatic rings. The first-order valence-corrected chi connectivity index (χ1v) is 9.07. The van der Waals surface area contributed by atoms with Crippen molar-refractivity contribution in [1.82, 2.24) is 25.1 Å². The molecule has 0 radical (unpaired) electrons. The van der Waals surface area contributed by atoms with Crippen molar-refractivity contribution >= 4 is 11.7 Å². The summed E-state index contributed by atoms with van der Waals surface area (Å²) in [6.07, 6.45) is 6.01. The van der Waals surface area contributed by atoms with E-state index in [1.165, 1.54) is 6.42 Å². The summed E-state index contributed by atoms with van der Waals surface area (Å²) in [5.74, 6) is 2.40. The Morgan fingerprint density at radius 3 is 2.84 bits per heavy atom. The fourth-order valence-electron chi connectivity index (χ4n) is 3.42. The fraction of sp³-hybridized carbons (Fsp3) is 0.556. The number of carbonyl (C=O) groups excluding carboxylic acids is 1. The lowest BCUT2D eigenvalue weighted by atomic mass is 9.85. The van der Waals surface area contributed by atoms with Crippen LogP contribution in [0.25, 0.3) is 0 Å². The van der Waals surface area contributed by atoms with E-state index in [0.717, 1.165) is 61.9 Å². The van der Waals surface area contributed by atoms with Gasteiger partial charge in [-0.2, -0.15) is 5.10 Å². The van der Waals surface area contributed by atoms with Crippen LogP contribution in [0.4, 0.5) is 5.82 Å². The van der Waals surface area contributed by atoms with Crippen LogP contribution in [0, 0.1) is 12.8 Å². The van der Waals surface area contributed by atoms with Crippen molar-refractivity contribution in [2.45, 2.75) is 45.7 Å². The van der Waals surface area contributed by atoms with Crippen LogP contribution in [0.15, 0.2) is 18.3 Å². The minimum atomic E-state index is 0.187. The van der Waals surface area contributed by atoms with E-state index in [2.05, 4.69) is 30.0 Å². The number of carbonyl (C=O) groups is 1. The molecule has 1 aliphatic carbocycles. The van der Waals surface area contributed by atoms with E-state index >= 15 is 0 Å². The van der Waals surface area contributed by atoms with Crippen LogP contribution in [0.3, 0.4) is 0 Å². The summed E-state index contributed by atoms with van der Waals surface area (Å²) in [4.78, 5) is 18.9. The summed E-state index contributed by atoms with van der Waals surface area (Å²) in [5.41, 5.74) is 2.01. The van der Waals surface area contributed by atoms with Gasteiger partial charge < -0.3 is 14.8 Å². The Hall–Kier alpha value is -2.44. The third-order valence-electron chi connectivity index (χ3n) is 5.25. The van der Waals surface area contributed by atoms with Crippen molar-refractivity contribution in [2.24, 2.45) is 5.92 Å². The van der Waals surface area contributed by atoms with E-state index in [1.807, 2.05) is 25.3 Å². The van der Waals surface area contributed by atoms with Crippen LogP contribution in [-0.2, 0) is 24.3 Å². The molecule has 2 aromatic rings. The van der Waals surface area contributed by atoms with Crippen LogP contribution >= 0.6 is 0 Å². The number of hydrogen-bond acceptors (Lipinski definition) is 5. The second-order valence-electron chi connectivity index (χ2n) is 6.93. The molecule has 1 fully saturated rings. The highest BCUT2D eigenvalue weighted by molar-refractivity contribution is 5.79. The zero-order valence-corrected chi connectivity index (χ0v) is 14.6. The highest BCUT2D eigenvalue weighted by atomic mass is 16.1. The Morgan fingerprint density at radius 2 is 2.12 bits per heavy atom. The van der Waals surface area contributed by atoms with Gasteiger partial charge in [0.15, 0.2) is 5.82 Å². The summed E-state index contributed by atoms with van der Waals surface area (Å²) in [5, 5.41) is 11.5. The Labute approximate surface area is 147 Å². The number of aryl methyl sites for hydroxylation is 1. The van der Waals surface area contributed by atoms with Crippen molar-refractivity contribution in [3.63, 3.8) is 0 Å². The van der Waals surface area contributed by atoms with Gasteiger partial charge in [0.05, 0.1) is 24.1 Å². The molecule has 1 saturated carbocycles. The van der Waals surface area contributed by atoms with Gasteiger partial charge in [-0.1, -0.05) is 6.42 Å². The number of aromatic nitrogens is 4. The number of rotatable bonds is 4. The van der Waals surface area contributed by atoms with Gasteiger partial charge in [-0.3, -0.25) is 4.79 Å². The number of imidazole rings is 1. The average Bonchev–Trinajstić information content (AvgIpc) is 2.82. The molecule has 0 aromatic carbocycles. The molecule has 1 N–H and O–H groups in total. The zero-order valence-electron chi connectivity index (χ0n) is 14.6. The lowest BCUT2D eigenvalue weighted by Gasteiger charge is -2.24. The molecule has 2 aromatic heterocycles. The van der Waals surface area contributed by atoms with Crippen LogP contribution < -0.4 is 10.2 Å². The SMILES string of the molecule is Cc1ccc(N2CCc3ncc(CNC(=O)C4CCC4)n3CC2)nn1. The van der Waals surface area contributed by atoms with Gasteiger partial charge in [0.1, 0.15) is 5.82 Å². The molecule has 0 atom stereocenters. The van der Waals surface area contributed by atoms with Crippen molar-refractivity contribution in [3.8, 4) is 0 Å². The number of hydrogen-bond donors (Lipinski definition) is 1. The largest absolute Gasteiger partial charge is 0.353 e. The summed E-state index contributed by atoms with van der Waals surface area (Å²) in [6, 6.07) is 4.02. The number of fused-ring (bicyclic) bond motifs is 1. The summed E-state index contributed by atoms with van der Waals surface area (Å²) < 4.78 is 2.24. The standard InChI is InChI=1S/C18H24N6O/c1-13-5-6-17(22-21-13)23-8-7-16-19-11-15(24(16)10-9-23)12-20-18(25)14-3-2-4-14/h5-6,11,14H,2-4,7-10,12H2,1H3,(H,20,25). The summed E-state index contributed by atoms with van der Waals surface area (Å²) in [7, 11) is 0. The Kier molecular flexibility index (Phi) is 4.38. The van der Waals surface area contributed by atoms with Gasteiger partial charge in [0.2, 0.25) is 5.91 Å². The molecule has 7 nitrogen and oxygen atoms in total. The van der Waals surface area contributed by atoms with E-state index in [4.69, 9.17) is 0 Å². The minimum absolute atomic E-state index is 0.187. The molecule has 0 saturated heterocycles. The molecular formula is C18H24N6O. The van der Waals surface area contributed by atoms with E-state index in [-0.39, 0.29) is 11.8 Å². The maximum Gasteiger partial charge on any atom is 0.223 e. The van der Waals surface area contributed by atoms with E-state index in [1.54, 1.807) is 0 Å². The predicted octanol–water partition coefficient (Wildman–Crippen LogP) is 1.46. The highest BCUT2D eigenvalue weighted by Crippen LogP contribution is 2.26. The molecule has 1 amide bonds. The molecule has 7 heteroatoms. The first kappa shape index (κ1) is 16.1. The van der Waals surface area contributed by atoms with Gasteiger partial charge >= 0.3 is 0 Å². The quantitative estimate of drug-likeness (QED) is 0.912. The van der Waals surface area contributed by atoms with E-state index < -0.39 is 0 Å². The summed E-state index contributed by atoms with van der Waals surface area (Å²) in [6.45, 7) is 5.10. The van der Waals surface area contributed by atoms with Crippen LogP contribution in [0.2, 0.25) is 0 Å². The highest BCUT2D eigenvalue weighted by Gasteiger charge is 2.25. The molecule has 0 spiro atoms. The predicted molar refractivity (Wildman–Crippen MR) is 94.1 cm³/mol. The lowest BCUT2D eigenvalue weighted by Crippen LogP contribution is -2.34. The molecule has 132 valence electrons. The molecule has 0 bridgehead atoms. The van der Waals surface area contributed by atoms with Crippen LogP contribution in [0.1, 0.15) is 36.5 Å². The Bertz CT molecular complexity index is 749. The zero-order chi connectivity index (χ0) is 17.2. The molecule has 4 rings (SSSR count). The van der Waals surface area contributed by atoms with E-state index in [0.29, 0.717) is 6.54 Å². The third-order valence-corrected chi connectivity index (χ3v) is 5.25. The monoisotopic (exact) mass is 340 g/mol. The van der Waals surface area contributed by atoms with Gasteiger partial charge in [-0.05, 0) is 31.9 Å². The van der Waals surface area contributed by atoms with Crippen LogP contribution in [0.5, 0.6) is 0 Å². The number of nitrogens with zero attached hydrogens (tertiary/aromatic N) is 5. The number of anilines is 1. The fourth-order valence-corrected chi connectivity index (χ4v) is 3.42. The van der Waals surface area contributed by atoms with Gasteiger partial charge in [0.25, 0.3) is 0 Å². The Balaban J connectivity index is 1.40. The van der Waals surface area contributed by atoms with Crippen LogP contribution in [-0.4, -0.2) is 38.7 Å². The number of nitrogens with one attached hydrogen (secondary N) is 1. The maximum absolute atomic E-state index is 12.1. The van der Waals surface area contributed by atoms with Crippen molar-refractivity contribution in [1.29, 1.82) is 0 Å². The lowest BCUT2D eigenvalue weighted by molar-refractivity contribution is -0.127. The van der Waals surface area contributed by atoms with Crippen molar-refractivity contribution in [2.75, 3.05) is 18.0 Å². The average molecular weight is 340 g/mol.